The largest absolute Gasteiger partial charge is 0.489 e. The summed E-state index contributed by atoms with van der Waals surface area (Å²) in [5.41, 5.74) is 2.67. The molecule has 1 heterocycles. The lowest BCUT2D eigenvalue weighted by molar-refractivity contribution is -0.139. The van der Waals surface area contributed by atoms with E-state index in [1.807, 2.05) is 61.5 Å². The molecule has 0 atom stereocenters. The van der Waals surface area contributed by atoms with Gasteiger partial charge in [-0.1, -0.05) is 24.3 Å². The molecule has 6 nitrogen and oxygen atoms in total. The number of hydrogen-bond acceptors (Lipinski definition) is 5. The minimum atomic E-state index is -1.02. The van der Waals surface area contributed by atoms with Crippen LogP contribution in [0.3, 0.4) is 0 Å². The summed E-state index contributed by atoms with van der Waals surface area (Å²) in [7, 11) is 0. The molecule has 0 saturated carbocycles. The van der Waals surface area contributed by atoms with Gasteiger partial charge in [0.1, 0.15) is 30.5 Å². The van der Waals surface area contributed by atoms with Crippen molar-refractivity contribution in [3.8, 4) is 17.2 Å². The van der Waals surface area contributed by atoms with E-state index in [0.29, 0.717) is 23.9 Å². The molecule has 0 aliphatic heterocycles. The average Bonchev–Trinajstić information content (AvgIpc) is 2.71. The number of carboxylic acid groups (broad SMARTS) is 1. The number of aliphatic carboxylic acids is 1. The number of aromatic nitrogens is 1. The first-order chi connectivity index (χ1) is 13.6. The summed E-state index contributed by atoms with van der Waals surface area (Å²) in [4.78, 5) is 14.8. The molecule has 0 aliphatic rings. The quantitative estimate of drug-likeness (QED) is 0.605. The third-order valence-electron chi connectivity index (χ3n) is 3.99. The van der Waals surface area contributed by atoms with Gasteiger partial charge in [-0.2, -0.15) is 0 Å². The van der Waals surface area contributed by atoms with Crippen LogP contribution in [-0.4, -0.2) is 22.7 Å². The molecule has 144 valence electrons. The molecular weight excluding hydrogens is 358 g/mol. The Morgan fingerprint density at radius 3 is 2.32 bits per heavy atom. The number of pyridine rings is 1. The van der Waals surface area contributed by atoms with Gasteiger partial charge in [0.15, 0.2) is 6.61 Å². The molecule has 28 heavy (non-hydrogen) atoms. The number of hydrogen-bond donors (Lipinski definition) is 1. The van der Waals surface area contributed by atoms with Crippen molar-refractivity contribution in [3.63, 3.8) is 0 Å². The van der Waals surface area contributed by atoms with E-state index in [-0.39, 0.29) is 6.61 Å². The third kappa shape index (κ3) is 5.48. The van der Waals surface area contributed by atoms with Crippen LogP contribution in [0, 0.1) is 6.92 Å². The lowest BCUT2D eigenvalue weighted by Gasteiger charge is -2.14. The molecule has 6 heteroatoms. The van der Waals surface area contributed by atoms with E-state index >= 15 is 0 Å². The zero-order chi connectivity index (χ0) is 19.8. The molecule has 0 saturated heterocycles. The predicted octanol–water partition coefficient (Wildman–Crippen LogP) is 4.01. The zero-order valence-corrected chi connectivity index (χ0v) is 15.5. The number of benzene rings is 2. The van der Waals surface area contributed by atoms with E-state index in [9.17, 15) is 4.79 Å². The summed E-state index contributed by atoms with van der Waals surface area (Å²) >= 11 is 0. The van der Waals surface area contributed by atoms with Crippen molar-refractivity contribution in [2.75, 3.05) is 6.61 Å². The number of para-hydroxylation sites is 1. The van der Waals surface area contributed by atoms with Crippen LogP contribution in [0.2, 0.25) is 0 Å². The van der Waals surface area contributed by atoms with Crippen molar-refractivity contribution >= 4 is 5.97 Å². The first-order valence-electron chi connectivity index (χ1n) is 8.79. The molecule has 3 rings (SSSR count). The second-order valence-electron chi connectivity index (χ2n) is 6.15. The van der Waals surface area contributed by atoms with Crippen LogP contribution < -0.4 is 14.2 Å². The van der Waals surface area contributed by atoms with E-state index in [1.54, 1.807) is 12.4 Å². The van der Waals surface area contributed by atoms with Crippen LogP contribution in [0.5, 0.6) is 17.2 Å². The molecule has 0 spiro atoms. The highest BCUT2D eigenvalue weighted by atomic mass is 16.5. The standard InChI is InChI=1S/C22H21NO5/c1-16-4-2-5-18(22(16)28-15-21(24)25)14-27-20-7-3-6-19(12-20)26-13-17-8-10-23-11-9-17/h2-12H,13-15H2,1H3,(H,24,25). The van der Waals surface area contributed by atoms with Crippen molar-refractivity contribution in [2.45, 2.75) is 20.1 Å². The molecule has 0 aliphatic carbocycles. The van der Waals surface area contributed by atoms with Gasteiger partial charge in [-0.15, -0.1) is 0 Å². The van der Waals surface area contributed by atoms with Gasteiger partial charge >= 0.3 is 5.97 Å². The Kier molecular flexibility index (Phi) is 6.46. The minimum absolute atomic E-state index is 0.254. The topological polar surface area (TPSA) is 77.9 Å². The summed E-state index contributed by atoms with van der Waals surface area (Å²) < 4.78 is 17.1. The molecule has 3 aromatic rings. The monoisotopic (exact) mass is 379 g/mol. The summed E-state index contributed by atoms with van der Waals surface area (Å²) in [6.07, 6.45) is 3.45. The number of aryl methyl sites for hydroxylation is 1. The van der Waals surface area contributed by atoms with Gasteiger partial charge in [0.2, 0.25) is 0 Å². The van der Waals surface area contributed by atoms with Crippen LogP contribution in [0.15, 0.2) is 67.0 Å². The second-order valence-corrected chi connectivity index (χ2v) is 6.15. The maximum Gasteiger partial charge on any atom is 0.341 e. The van der Waals surface area contributed by atoms with Gasteiger partial charge in [-0.3, -0.25) is 4.98 Å². The molecule has 0 radical (unpaired) electrons. The van der Waals surface area contributed by atoms with E-state index in [0.717, 1.165) is 16.7 Å². The Balaban J connectivity index is 1.63. The highest BCUT2D eigenvalue weighted by Crippen LogP contribution is 2.26. The molecule has 1 N–H and O–H groups in total. The minimum Gasteiger partial charge on any atom is -0.489 e. The lowest BCUT2D eigenvalue weighted by atomic mass is 10.1. The van der Waals surface area contributed by atoms with Gasteiger partial charge in [0, 0.05) is 24.0 Å². The molecule has 1 aromatic heterocycles. The van der Waals surface area contributed by atoms with E-state index in [4.69, 9.17) is 19.3 Å². The highest BCUT2D eigenvalue weighted by molar-refractivity contribution is 5.68. The van der Waals surface area contributed by atoms with Crippen LogP contribution in [-0.2, 0) is 18.0 Å². The smallest absolute Gasteiger partial charge is 0.341 e. The number of carboxylic acids is 1. The normalized spacial score (nSPS) is 10.3. The number of ether oxygens (including phenoxy) is 3. The van der Waals surface area contributed by atoms with Gasteiger partial charge in [-0.25, -0.2) is 4.79 Å². The van der Waals surface area contributed by atoms with Crippen molar-refractivity contribution in [1.82, 2.24) is 4.98 Å². The van der Waals surface area contributed by atoms with Crippen molar-refractivity contribution in [2.24, 2.45) is 0 Å². The van der Waals surface area contributed by atoms with Crippen LogP contribution >= 0.6 is 0 Å². The Hall–Kier alpha value is -3.54. The number of carbonyl (C=O) groups is 1. The Morgan fingerprint density at radius 2 is 1.61 bits per heavy atom. The van der Waals surface area contributed by atoms with Crippen LogP contribution in [0.4, 0.5) is 0 Å². The summed E-state index contributed by atoms with van der Waals surface area (Å²) in [6.45, 7) is 2.17. The van der Waals surface area contributed by atoms with Crippen LogP contribution in [0.1, 0.15) is 16.7 Å². The summed E-state index contributed by atoms with van der Waals surface area (Å²) in [5.74, 6) is 0.864. The summed E-state index contributed by atoms with van der Waals surface area (Å²) in [5, 5.41) is 8.85. The number of rotatable bonds is 9. The molecule has 0 amide bonds. The van der Waals surface area contributed by atoms with Gasteiger partial charge < -0.3 is 19.3 Å². The molecule has 0 bridgehead atoms. The van der Waals surface area contributed by atoms with E-state index < -0.39 is 12.6 Å². The van der Waals surface area contributed by atoms with Gasteiger partial charge in [0.25, 0.3) is 0 Å². The Labute approximate surface area is 163 Å². The Morgan fingerprint density at radius 1 is 0.929 bits per heavy atom. The van der Waals surface area contributed by atoms with E-state index in [2.05, 4.69) is 4.98 Å². The molecule has 0 unspecified atom stereocenters. The SMILES string of the molecule is Cc1cccc(COc2cccc(OCc3ccncc3)c2)c1OCC(=O)O. The summed E-state index contributed by atoms with van der Waals surface area (Å²) in [6, 6.07) is 16.8. The predicted molar refractivity (Wildman–Crippen MR) is 104 cm³/mol. The first-order valence-corrected chi connectivity index (χ1v) is 8.79. The average molecular weight is 379 g/mol. The van der Waals surface area contributed by atoms with Gasteiger partial charge in [0.05, 0.1) is 0 Å². The van der Waals surface area contributed by atoms with Gasteiger partial charge in [-0.05, 0) is 42.3 Å². The van der Waals surface area contributed by atoms with Crippen molar-refractivity contribution in [3.05, 3.63) is 83.7 Å². The fraction of sp³-hybridized carbons (Fsp3) is 0.182. The zero-order valence-electron chi connectivity index (χ0n) is 15.5. The fourth-order valence-corrected chi connectivity index (χ4v) is 2.63. The van der Waals surface area contributed by atoms with Crippen molar-refractivity contribution < 1.29 is 24.1 Å². The first kappa shape index (κ1) is 19.2. The second kappa shape index (κ2) is 9.41. The lowest BCUT2D eigenvalue weighted by Crippen LogP contribution is -2.12. The van der Waals surface area contributed by atoms with E-state index in [1.165, 1.54) is 0 Å². The van der Waals surface area contributed by atoms with Crippen molar-refractivity contribution in [1.29, 1.82) is 0 Å². The highest BCUT2D eigenvalue weighted by Gasteiger charge is 2.10. The maximum atomic E-state index is 10.8. The Bertz CT molecular complexity index is 927. The fourth-order valence-electron chi connectivity index (χ4n) is 2.63. The molecule has 2 aromatic carbocycles. The maximum absolute atomic E-state index is 10.8. The number of nitrogens with zero attached hydrogens (tertiary/aromatic N) is 1. The third-order valence-corrected chi connectivity index (χ3v) is 3.99. The van der Waals surface area contributed by atoms with Crippen LogP contribution in [0.25, 0.3) is 0 Å². The molecule has 0 fully saturated rings. The molecular formula is C22H21NO5.